The Labute approximate surface area is 128 Å². The quantitative estimate of drug-likeness (QED) is 0.607. The highest BCUT2D eigenvalue weighted by atomic mass is 32.2. The van der Waals surface area contributed by atoms with Crippen molar-refractivity contribution in [3.63, 3.8) is 0 Å². The highest BCUT2D eigenvalue weighted by molar-refractivity contribution is 7.89. The Hall–Kier alpha value is -1.11. The summed E-state index contributed by atoms with van der Waals surface area (Å²) in [4.78, 5) is 2.12. The van der Waals surface area contributed by atoms with Crippen LogP contribution in [0.2, 0.25) is 0 Å². The summed E-state index contributed by atoms with van der Waals surface area (Å²) in [5.41, 5.74) is 1.14. The highest BCUT2D eigenvalue weighted by Gasteiger charge is 2.08. The van der Waals surface area contributed by atoms with Crippen LogP contribution in [0.1, 0.15) is 19.8 Å². The van der Waals surface area contributed by atoms with Crippen molar-refractivity contribution in [2.75, 3.05) is 43.9 Å². The maximum absolute atomic E-state index is 11.8. The molecule has 0 bridgehead atoms. The first-order valence-electron chi connectivity index (χ1n) is 7.49. The van der Waals surface area contributed by atoms with Gasteiger partial charge in [-0.25, -0.2) is 13.1 Å². The monoisotopic (exact) mass is 313 g/mol. The summed E-state index contributed by atoms with van der Waals surface area (Å²) in [6.45, 7) is 4.94. The molecule has 0 radical (unpaired) electrons. The van der Waals surface area contributed by atoms with E-state index in [1.165, 1.54) is 0 Å². The highest BCUT2D eigenvalue weighted by Crippen LogP contribution is 2.10. The second-order valence-electron chi connectivity index (χ2n) is 5.03. The minimum absolute atomic E-state index is 0.189. The molecule has 0 aliphatic heterocycles. The number of rotatable bonds is 11. The molecule has 6 heteroatoms. The normalized spacial score (nSPS) is 11.5. The molecule has 0 aromatic heterocycles. The molecule has 0 unspecified atom stereocenters. The lowest BCUT2D eigenvalue weighted by atomic mass is 10.3. The van der Waals surface area contributed by atoms with Crippen LogP contribution in [-0.2, 0) is 10.0 Å². The number of hydrogen-bond acceptors (Lipinski definition) is 4. The SMILES string of the molecule is CCNCCCS(=O)(=O)NCCCN(C)c1ccccc1. The number of anilines is 1. The second kappa shape index (κ2) is 9.76. The van der Waals surface area contributed by atoms with E-state index in [1.807, 2.05) is 44.3 Å². The number of nitrogens with zero attached hydrogens (tertiary/aromatic N) is 1. The standard InChI is InChI=1S/C15H27N3O2S/c1-3-16-11-8-14-21(19,20)17-12-7-13-18(2)15-9-5-4-6-10-15/h4-6,9-10,16-17H,3,7-8,11-14H2,1-2H3. The number of sulfonamides is 1. The van der Waals surface area contributed by atoms with Crippen LogP contribution in [0, 0.1) is 0 Å². The van der Waals surface area contributed by atoms with Crippen molar-refractivity contribution in [3.8, 4) is 0 Å². The number of para-hydroxylation sites is 1. The predicted molar refractivity (Wildman–Crippen MR) is 89.3 cm³/mol. The van der Waals surface area contributed by atoms with Crippen LogP contribution in [0.3, 0.4) is 0 Å². The van der Waals surface area contributed by atoms with Crippen molar-refractivity contribution in [2.45, 2.75) is 19.8 Å². The molecule has 2 N–H and O–H groups in total. The summed E-state index contributed by atoms with van der Waals surface area (Å²) in [5.74, 6) is 0.189. The van der Waals surface area contributed by atoms with Gasteiger partial charge < -0.3 is 10.2 Å². The van der Waals surface area contributed by atoms with E-state index in [0.29, 0.717) is 13.0 Å². The fraction of sp³-hybridized carbons (Fsp3) is 0.600. The van der Waals surface area contributed by atoms with E-state index in [1.54, 1.807) is 0 Å². The van der Waals surface area contributed by atoms with Gasteiger partial charge >= 0.3 is 0 Å². The summed E-state index contributed by atoms with van der Waals surface area (Å²) in [5, 5.41) is 3.12. The van der Waals surface area contributed by atoms with Gasteiger partial charge in [0, 0.05) is 25.8 Å². The van der Waals surface area contributed by atoms with Crippen LogP contribution in [0.5, 0.6) is 0 Å². The van der Waals surface area contributed by atoms with Crippen LogP contribution >= 0.6 is 0 Å². The lowest BCUT2D eigenvalue weighted by molar-refractivity contribution is 0.573. The molecule has 0 aliphatic rings. The van der Waals surface area contributed by atoms with E-state index >= 15 is 0 Å². The van der Waals surface area contributed by atoms with Gasteiger partial charge in [0.25, 0.3) is 0 Å². The summed E-state index contributed by atoms with van der Waals surface area (Å²) in [6, 6.07) is 10.1. The average Bonchev–Trinajstić information content (AvgIpc) is 2.49. The molecular formula is C15H27N3O2S. The lowest BCUT2D eigenvalue weighted by Crippen LogP contribution is -2.31. The minimum atomic E-state index is -3.13. The zero-order valence-electron chi connectivity index (χ0n) is 13.0. The maximum atomic E-state index is 11.8. The van der Waals surface area contributed by atoms with Crippen molar-refractivity contribution >= 4 is 15.7 Å². The Morgan fingerprint density at radius 1 is 1.10 bits per heavy atom. The van der Waals surface area contributed by atoms with Gasteiger partial charge in [-0.3, -0.25) is 0 Å². The molecule has 1 aromatic carbocycles. The molecule has 0 spiro atoms. The minimum Gasteiger partial charge on any atom is -0.375 e. The maximum Gasteiger partial charge on any atom is 0.211 e. The van der Waals surface area contributed by atoms with Gasteiger partial charge in [-0.05, 0) is 38.1 Å². The van der Waals surface area contributed by atoms with Gasteiger partial charge in [0.05, 0.1) is 5.75 Å². The molecule has 0 heterocycles. The van der Waals surface area contributed by atoms with Crippen molar-refractivity contribution in [2.24, 2.45) is 0 Å². The number of hydrogen-bond donors (Lipinski definition) is 2. The smallest absolute Gasteiger partial charge is 0.211 e. The van der Waals surface area contributed by atoms with Gasteiger partial charge in [-0.2, -0.15) is 0 Å². The van der Waals surface area contributed by atoms with Crippen LogP contribution in [0.15, 0.2) is 30.3 Å². The van der Waals surface area contributed by atoms with Crippen molar-refractivity contribution in [1.29, 1.82) is 0 Å². The summed E-state index contributed by atoms with van der Waals surface area (Å²) < 4.78 is 26.2. The molecule has 0 atom stereocenters. The Balaban J connectivity index is 2.18. The first-order valence-corrected chi connectivity index (χ1v) is 9.14. The fourth-order valence-electron chi connectivity index (χ4n) is 1.99. The summed E-state index contributed by atoms with van der Waals surface area (Å²) in [6.07, 6.45) is 1.44. The zero-order chi connectivity index (χ0) is 15.6. The topological polar surface area (TPSA) is 61.4 Å². The third-order valence-corrected chi connectivity index (χ3v) is 4.68. The van der Waals surface area contributed by atoms with E-state index in [4.69, 9.17) is 0 Å². The molecule has 1 aromatic rings. The van der Waals surface area contributed by atoms with Crippen LogP contribution in [0.25, 0.3) is 0 Å². The van der Waals surface area contributed by atoms with Crippen LogP contribution < -0.4 is 14.9 Å². The summed E-state index contributed by atoms with van der Waals surface area (Å²) in [7, 11) is -1.12. The second-order valence-corrected chi connectivity index (χ2v) is 6.96. The van der Waals surface area contributed by atoms with Gasteiger partial charge in [-0.15, -0.1) is 0 Å². The van der Waals surface area contributed by atoms with E-state index in [9.17, 15) is 8.42 Å². The van der Waals surface area contributed by atoms with Gasteiger partial charge in [0.2, 0.25) is 10.0 Å². The largest absolute Gasteiger partial charge is 0.375 e. The van der Waals surface area contributed by atoms with Gasteiger partial charge in [-0.1, -0.05) is 25.1 Å². The molecule has 1 rings (SSSR count). The van der Waals surface area contributed by atoms with E-state index in [2.05, 4.69) is 14.9 Å². The first kappa shape index (κ1) is 17.9. The number of benzene rings is 1. The molecule has 0 aliphatic carbocycles. The third-order valence-electron chi connectivity index (χ3n) is 3.21. The van der Waals surface area contributed by atoms with E-state index in [-0.39, 0.29) is 5.75 Å². The lowest BCUT2D eigenvalue weighted by Gasteiger charge is -2.19. The number of nitrogens with one attached hydrogen (secondary N) is 2. The summed E-state index contributed by atoms with van der Waals surface area (Å²) >= 11 is 0. The Bertz CT molecular complexity index is 477. The van der Waals surface area contributed by atoms with Crippen LogP contribution in [-0.4, -0.2) is 47.4 Å². The fourth-order valence-corrected chi connectivity index (χ4v) is 3.12. The van der Waals surface area contributed by atoms with Crippen molar-refractivity contribution in [3.05, 3.63) is 30.3 Å². The van der Waals surface area contributed by atoms with Gasteiger partial charge in [0.15, 0.2) is 0 Å². The van der Waals surface area contributed by atoms with E-state index < -0.39 is 10.0 Å². The van der Waals surface area contributed by atoms with Crippen molar-refractivity contribution in [1.82, 2.24) is 10.0 Å². The predicted octanol–water partition coefficient (Wildman–Crippen LogP) is 1.43. The average molecular weight is 313 g/mol. The molecule has 5 nitrogen and oxygen atoms in total. The molecule has 0 saturated heterocycles. The Morgan fingerprint density at radius 3 is 2.48 bits per heavy atom. The van der Waals surface area contributed by atoms with Gasteiger partial charge in [0.1, 0.15) is 0 Å². The first-order chi connectivity index (χ1) is 10.0. The Kier molecular flexibility index (Phi) is 8.34. The molecule has 21 heavy (non-hydrogen) atoms. The Morgan fingerprint density at radius 2 is 1.81 bits per heavy atom. The molecule has 0 amide bonds. The third kappa shape index (κ3) is 8.04. The van der Waals surface area contributed by atoms with Crippen molar-refractivity contribution < 1.29 is 8.42 Å². The molecule has 0 saturated carbocycles. The zero-order valence-corrected chi connectivity index (χ0v) is 13.8. The van der Waals surface area contributed by atoms with E-state index in [0.717, 1.165) is 31.7 Å². The molecule has 120 valence electrons. The molecular weight excluding hydrogens is 286 g/mol. The van der Waals surface area contributed by atoms with Crippen LogP contribution in [0.4, 0.5) is 5.69 Å². The molecule has 0 fully saturated rings.